The fraction of sp³-hybridized carbons (Fsp3) is 0.667. The Balaban J connectivity index is 2.18. The Bertz CT molecular complexity index is 411. The zero-order valence-electron chi connectivity index (χ0n) is 11.9. The quantitative estimate of drug-likeness (QED) is 0.905. The molecule has 1 unspecified atom stereocenters. The SMILES string of the molecule is CCCN1CCCC(O)(c2ncccc2OC)CC1. The predicted molar refractivity (Wildman–Crippen MR) is 75.3 cm³/mol. The van der Waals surface area contributed by atoms with Crippen molar-refractivity contribution in [3.63, 3.8) is 0 Å². The fourth-order valence-corrected chi connectivity index (χ4v) is 2.86. The highest BCUT2D eigenvalue weighted by atomic mass is 16.5. The average molecular weight is 264 g/mol. The van der Waals surface area contributed by atoms with Crippen LogP contribution in [0, 0.1) is 0 Å². The van der Waals surface area contributed by atoms with E-state index in [2.05, 4.69) is 16.8 Å². The first-order valence-electron chi connectivity index (χ1n) is 7.14. The molecule has 1 aliphatic rings. The minimum absolute atomic E-state index is 0.689. The van der Waals surface area contributed by atoms with Crippen LogP contribution in [0.15, 0.2) is 18.3 Å². The Morgan fingerprint density at radius 1 is 1.42 bits per heavy atom. The molecule has 2 rings (SSSR count). The van der Waals surface area contributed by atoms with Crippen LogP contribution < -0.4 is 4.74 Å². The molecule has 0 aliphatic carbocycles. The number of pyridine rings is 1. The van der Waals surface area contributed by atoms with Crippen LogP contribution in [0.3, 0.4) is 0 Å². The van der Waals surface area contributed by atoms with Gasteiger partial charge in [-0.25, -0.2) is 0 Å². The van der Waals surface area contributed by atoms with E-state index in [1.807, 2.05) is 12.1 Å². The van der Waals surface area contributed by atoms with Crippen molar-refractivity contribution in [1.82, 2.24) is 9.88 Å². The molecule has 4 heteroatoms. The highest BCUT2D eigenvalue weighted by Crippen LogP contribution is 2.36. The Labute approximate surface area is 115 Å². The van der Waals surface area contributed by atoms with Gasteiger partial charge in [0.05, 0.1) is 7.11 Å². The maximum atomic E-state index is 11.0. The molecule has 0 amide bonds. The Hall–Kier alpha value is -1.13. The first kappa shape index (κ1) is 14.3. The monoisotopic (exact) mass is 264 g/mol. The second-order valence-corrected chi connectivity index (χ2v) is 5.28. The second-order valence-electron chi connectivity index (χ2n) is 5.28. The van der Waals surface area contributed by atoms with Crippen molar-refractivity contribution in [3.8, 4) is 5.75 Å². The van der Waals surface area contributed by atoms with Crippen LogP contribution in [0.1, 0.15) is 38.3 Å². The summed E-state index contributed by atoms with van der Waals surface area (Å²) in [5.74, 6) is 0.689. The fourth-order valence-electron chi connectivity index (χ4n) is 2.86. The summed E-state index contributed by atoms with van der Waals surface area (Å²) in [7, 11) is 1.63. The van der Waals surface area contributed by atoms with Crippen LogP contribution >= 0.6 is 0 Å². The van der Waals surface area contributed by atoms with Gasteiger partial charge in [-0.05, 0) is 50.9 Å². The van der Waals surface area contributed by atoms with Gasteiger partial charge < -0.3 is 14.7 Å². The molecule has 1 aliphatic heterocycles. The van der Waals surface area contributed by atoms with Crippen molar-refractivity contribution in [2.24, 2.45) is 0 Å². The van der Waals surface area contributed by atoms with Gasteiger partial charge in [0.1, 0.15) is 17.0 Å². The zero-order valence-corrected chi connectivity index (χ0v) is 11.9. The molecule has 1 saturated heterocycles. The zero-order chi connectivity index (χ0) is 13.7. The molecule has 1 aromatic rings. The summed E-state index contributed by atoms with van der Waals surface area (Å²) in [6, 6.07) is 3.71. The van der Waals surface area contributed by atoms with Crippen LogP contribution in [0.25, 0.3) is 0 Å². The van der Waals surface area contributed by atoms with Gasteiger partial charge in [0.2, 0.25) is 0 Å². The number of hydrogen-bond acceptors (Lipinski definition) is 4. The van der Waals surface area contributed by atoms with Gasteiger partial charge in [0.15, 0.2) is 0 Å². The van der Waals surface area contributed by atoms with Crippen LogP contribution in [0.5, 0.6) is 5.75 Å². The molecule has 1 N–H and O–H groups in total. The first-order chi connectivity index (χ1) is 9.19. The summed E-state index contributed by atoms with van der Waals surface area (Å²) < 4.78 is 5.34. The molecule has 0 aromatic carbocycles. The molecular weight excluding hydrogens is 240 g/mol. The Kier molecular flexibility index (Phi) is 4.77. The van der Waals surface area contributed by atoms with Crippen LogP contribution in [-0.4, -0.2) is 41.7 Å². The van der Waals surface area contributed by atoms with Gasteiger partial charge >= 0.3 is 0 Å². The van der Waals surface area contributed by atoms with E-state index >= 15 is 0 Å². The lowest BCUT2D eigenvalue weighted by molar-refractivity contribution is 0.0146. The molecule has 0 spiro atoms. The summed E-state index contributed by atoms with van der Waals surface area (Å²) in [6.07, 6.45) is 5.35. The second kappa shape index (κ2) is 6.35. The van der Waals surface area contributed by atoms with E-state index < -0.39 is 5.60 Å². The van der Waals surface area contributed by atoms with Gasteiger partial charge in [0.25, 0.3) is 0 Å². The van der Waals surface area contributed by atoms with E-state index in [9.17, 15) is 5.11 Å². The van der Waals surface area contributed by atoms with E-state index in [1.165, 1.54) is 0 Å². The molecule has 0 saturated carbocycles. The van der Waals surface area contributed by atoms with Gasteiger partial charge in [0, 0.05) is 12.7 Å². The summed E-state index contributed by atoms with van der Waals surface area (Å²) in [5, 5.41) is 11.0. The number of hydrogen-bond donors (Lipinski definition) is 1. The first-order valence-corrected chi connectivity index (χ1v) is 7.14. The summed E-state index contributed by atoms with van der Waals surface area (Å²) >= 11 is 0. The van der Waals surface area contributed by atoms with Gasteiger partial charge in [-0.1, -0.05) is 6.92 Å². The molecule has 1 aromatic heterocycles. The lowest BCUT2D eigenvalue weighted by Gasteiger charge is -2.27. The number of ether oxygens (including phenoxy) is 1. The van der Waals surface area contributed by atoms with Gasteiger partial charge in [-0.3, -0.25) is 4.98 Å². The lowest BCUT2D eigenvalue weighted by Crippen LogP contribution is -2.30. The number of aromatic nitrogens is 1. The van der Waals surface area contributed by atoms with Crippen LogP contribution in [0.4, 0.5) is 0 Å². The smallest absolute Gasteiger partial charge is 0.143 e. The van der Waals surface area contributed by atoms with Crippen LogP contribution in [0.2, 0.25) is 0 Å². The van der Waals surface area contributed by atoms with E-state index in [0.717, 1.165) is 45.3 Å². The molecule has 4 nitrogen and oxygen atoms in total. The van der Waals surface area contributed by atoms with Crippen molar-refractivity contribution < 1.29 is 9.84 Å². The topological polar surface area (TPSA) is 45.6 Å². The molecule has 0 radical (unpaired) electrons. The summed E-state index contributed by atoms with van der Waals surface area (Å²) in [5.41, 5.74) is -0.161. The molecule has 19 heavy (non-hydrogen) atoms. The molecule has 106 valence electrons. The number of aliphatic hydroxyl groups is 1. The minimum Gasteiger partial charge on any atom is -0.495 e. The minimum atomic E-state index is -0.852. The number of rotatable bonds is 4. The summed E-state index contributed by atoms with van der Waals surface area (Å²) in [6.45, 7) is 5.28. The van der Waals surface area contributed by atoms with E-state index in [0.29, 0.717) is 11.4 Å². The van der Waals surface area contributed by atoms with E-state index in [1.54, 1.807) is 13.3 Å². The van der Waals surface area contributed by atoms with Crippen molar-refractivity contribution >= 4 is 0 Å². The Morgan fingerprint density at radius 2 is 2.26 bits per heavy atom. The molecule has 0 bridgehead atoms. The molecule has 2 heterocycles. The number of methoxy groups -OCH3 is 1. The number of likely N-dealkylation sites (tertiary alicyclic amines) is 1. The third-order valence-electron chi connectivity index (χ3n) is 3.88. The van der Waals surface area contributed by atoms with Crippen molar-refractivity contribution in [3.05, 3.63) is 24.0 Å². The highest BCUT2D eigenvalue weighted by Gasteiger charge is 2.35. The third kappa shape index (κ3) is 3.25. The molecule has 1 atom stereocenters. The van der Waals surface area contributed by atoms with Crippen molar-refractivity contribution in [1.29, 1.82) is 0 Å². The maximum absolute atomic E-state index is 11.0. The summed E-state index contributed by atoms with van der Waals surface area (Å²) in [4.78, 5) is 6.79. The van der Waals surface area contributed by atoms with Crippen LogP contribution in [-0.2, 0) is 5.60 Å². The average Bonchev–Trinajstić information content (AvgIpc) is 2.63. The highest BCUT2D eigenvalue weighted by molar-refractivity contribution is 5.32. The largest absolute Gasteiger partial charge is 0.495 e. The third-order valence-corrected chi connectivity index (χ3v) is 3.88. The Morgan fingerprint density at radius 3 is 3.00 bits per heavy atom. The van der Waals surface area contributed by atoms with E-state index in [-0.39, 0.29) is 0 Å². The number of nitrogens with zero attached hydrogens (tertiary/aromatic N) is 2. The van der Waals surface area contributed by atoms with E-state index in [4.69, 9.17) is 4.74 Å². The van der Waals surface area contributed by atoms with Gasteiger partial charge in [-0.2, -0.15) is 0 Å². The van der Waals surface area contributed by atoms with Gasteiger partial charge in [-0.15, -0.1) is 0 Å². The predicted octanol–water partition coefficient (Wildman–Crippen LogP) is 2.17. The van der Waals surface area contributed by atoms with Crippen molar-refractivity contribution in [2.45, 2.75) is 38.2 Å². The lowest BCUT2D eigenvalue weighted by atomic mass is 9.90. The molecule has 1 fully saturated rings. The van der Waals surface area contributed by atoms with Crippen molar-refractivity contribution in [2.75, 3.05) is 26.7 Å². The molecular formula is C15H24N2O2. The standard InChI is InChI=1S/C15H24N2O2/c1-3-10-17-11-5-7-15(18,8-12-17)14-13(19-2)6-4-9-16-14/h4,6,9,18H,3,5,7-8,10-12H2,1-2H3. The normalized spacial score (nSPS) is 25.0. The maximum Gasteiger partial charge on any atom is 0.143 e.